The lowest BCUT2D eigenvalue weighted by molar-refractivity contribution is -0.133. The van der Waals surface area contributed by atoms with Crippen LogP contribution in [0.25, 0.3) is 0 Å². The minimum Gasteiger partial charge on any atom is -0.497 e. The predicted molar refractivity (Wildman–Crippen MR) is 106 cm³/mol. The number of ether oxygens (including phenoxy) is 2. The number of thioether (sulfide) groups is 1. The zero-order valence-corrected chi connectivity index (χ0v) is 16.3. The summed E-state index contributed by atoms with van der Waals surface area (Å²) in [5.41, 5.74) is 2.12. The number of carbonyl (C=O) groups is 1. The standard InChI is InChI=1S/C21H25NO3S/c1-4-19(15-8-6-5-7-9-15)20(23)22-10-11-26-21(22)16-12-17(24-2)14-18(13-16)25-3/h5-9,12-14,19,21H,4,10-11H2,1-3H3. The van der Waals surface area contributed by atoms with Gasteiger partial charge in [0.25, 0.3) is 0 Å². The van der Waals surface area contributed by atoms with Crippen LogP contribution in [0.3, 0.4) is 0 Å². The number of carbonyl (C=O) groups excluding carboxylic acids is 1. The van der Waals surface area contributed by atoms with Crippen molar-refractivity contribution in [1.29, 1.82) is 0 Å². The molecule has 0 bridgehead atoms. The summed E-state index contributed by atoms with van der Waals surface area (Å²) in [5, 5.41) is -0.00994. The molecule has 26 heavy (non-hydrogen) atoms. The first-order valence-electron chi connectivity index (χ1n) is 8.88. The van der Waals surface area contributed by atoms with Gasteiger partial charge in [-0.2, -0.15) is 0 Å². The summed E-state index contributed by atoms with van der Waals surface area (Å²) in [5.74, 6) is 2.50. The van der Waals surface area contributed by atoms with Crippen molar-refractivity contribution in [2.45, 2.75) is 24.6 Å². The van der Waals surface area contributed by atoms with Crippen molar-refractivity contribution in [3.8, 4) is 11.5 Å². The largest absolute Gasteiger partial charge is 0.497 e. The highest BCUT2D eigenvalue weighted by atomic mass is 32.2. The van der Waals surface area contributed by atoms with Crippen LogP contribution >= 0.6 is 11.8 Å². The number of rotatable bonds is 6. The van der Waals surface area contributed by atoms with E-state index in [0.717, 1.165) is 41.3 Å². The third-order valence-corrected chi connectivity index (χ3v) is 6.00. The molecule has 0 aromatic heterocycles. The summed E-state index contributed by atoms with van der Waals surface area (Å²) in [6.45, 7) is 2.83. The summed E-state index contributed by atoms with van der Waals surface area (Å²) >= 11 is 1.79. The monoisotopic (exact) mass is 371 g/mol. The fraction of sp³-hybridized carbons (Fsp3) is 0.381. The van der Waals surface area contributed by atoms with Crippen molar-refractivity contribution in [3.05, 3.63) is 59.7 Å². The zero-order valence-electron chi connectivity index (χ0n) is 15.5. The smallest absolute Gasteiger partial charge is 0.231 e. The lowest BCUT2D eigenvalue weighted by atomic mass is 9.95. The number of nitrogens with zero attached hydrogens (tertiary/aromatic N) is 1. The fourth-order valence-electron chi connectivity index (χ4n) is 3.38. The molecule has 0 spiro atoms. The van der Waals surface area contributed by atoms with Crippen LogP contribution in [-0.4, -0.2) is 37.3 Å². The molecule has 0 N–H and O–H groups in total. The Balaban J connectivity index is 1.89. The van der Waals surface area contributed by atoms with Crippen molar-refractivity contribution in [2.24, 2.45) is 0 Å². The molecule has 2 aromatic carbocycles. The summed E-state index contributed by atoms with van der Waals surface area (Å²) in [6.07, 6.45) is 0.790. The molecule has 1 fully saturated rings. The molecule has 4 nitrogen and oxygen atoms in total. The van der Waals surface area contributed by atoms with Gasteiger partial charge < -0.3 is 14.4 Å². The lowest BCUT2D eigenvalue weighted by Crippen LogP contribution is -2.34. The molecule has 1 saturated heterocycles. The topological polar surface area (TPSA) is 38.8 Å². The second-order valence-electron chi connectivity index (χ2n) is 6.27. The number of benzene rings is 2. The van der Waals surface area contributed by atoms with E-state index in [1.165, 1.54) is 0 Å². The number of methoxy groups -OCH3 is 2. The Morgan fingerprint density at radius 2 is 1.81 bits per heavy atom. The molecule has 5 heteroatoms. The molecule has 1 amide bonds. The van der Waals surface area contributed by atoms with Crippen LogP contribution in [0, 0.1) is 0 Å². The van der Waals surface area contributed by atoms with E-state index in [9.17, 15) is 4.79 Å². The van der Waals surface area contributed by atoms with Gasteiger partial charge >= 0.3 is 0 Å². The molecule has 138 valence electrons. The Morgan fingerprint density at radius 1 is 1.15 bits per heavy atom. The van der Waals surface area contributed by atoms with Crippen LogP contribution in [0.1, 0.15) is 35.8 Å². The van der Waals surface area contributed by atoms with Crippen LogP contribution in [0.4, 0.5) is 0 Å². The molecular weight excluding hydrogens is 346 g/mol. The molecule has 1 aliphatic rings. The van der Waals surface area contributed by atoms with E-state index in [1.807, 2.05) is 53.4 Å². The molecule has 0 aliphatic carbocycles. The first-order chi connectivity index (χ1) is 12.7. The van der Waals surface area contributed by atoms with Crippen molar-refractivity contribution in [2.75, 3.05) is 26.5 Å². The van der Waals surface area contributed by atoms with Gasteiger partial charge in [-0.05, 0) is 29.7 Å². The number of amides is 1. The van der Waals surface area contributed by atoms with E-state index in [2.05, 4.69) is 6.92 Å². The van der Waals surface area contributed by atoms with Gasteiger partial charge in [-0.1, -0.05) is 37.3 Å². The van der Waals surface area contributed by atoms with E-state index in [4.69, 9.17) is 9.47 Å². The second kappa shape index (κ2) is 8.49. The minimum atomic E-state index is -0.107. The molecule has 0 radical (unpaired) electrons. The van der Waals surface area contributed by atoms with E-state index in [0.29, 0.717) is 0 Å². The minimum absolute atomic E-state index is 0.00994. The zero-order chi connectivity index (χ0) is 18.5. The summed E-state index contributed by atoms with van der Waals surface area (Å²) < 4.78 is 10.8. The first-order valence-corrected chi connectivity index (χ1v) is 9.92. The maximum atomic E-state index is 13.3. The highest BCUT2D eigenvalue weighted by Gasteiger charge is 2.35. The normalized spacial score (nSPS) is 17.8. The van der Waals surface area contributed by atoms with Crippen molar-refractivity contribution in [1.82, 2.24) is 4.90 Å². The molecule has 2 unspecified atom stereocenters. The lowest BCUT2D eigenvalue weighted by Gasteiger charge is -2.28. The number of hydrogen-bond acceptors (Lipinski definition) is 4. The molecule has 2 atom stereocenters. The van der Waals surface area contributed by atoms with E-state index < -0.39 is 0 Å². The van der Waals surface area contributed by atoms with Gasteiger partial charge in [0.15, 0.2) is 0 Å². The first kappa shape index (κ1) is 18.6. The average molecular weight is 372 g/mol. The van der Waals surface area contributed by atoms with Crippen LogP contribution in [0.15, 0.2) is 48.5 Å². The fourth-order valence-corrected chi connectivity index (χ4v) is 4.63. The van der Waals surface area contributed by atoms with Crippen LogP contribution in [0.2, 0.25) is 0 Å². The maximum Gasteiger partial charge on any atom is 0.231 e. The predicted octanol–water partition coefficient (Wildman–Crippen LogP) is 4.47. The van der Waals surface area contributed by atoms with Gasteiger partial charge in [0.05, 0.1) is 20.1 Å². The van der Waals surface area contributed by atoms with Gasteiger partial charge in [-0.3, -0.25) is 4.79 Å². The third kappa shape index (κ3) is 3.83. The Kier molecular flexibility index (Phi) is 6.09. The van der Waals surface area contributed by atoms with E-state index >= 15 is 0 Å². The van der Waals surface area contributed by atoms with Crippen LogP contribution in [0.5, 0.6) is 11.5 Å². The highest BCUT2D eigenvalue weighted by Crippen LogP contribution is 2.42. The summed E-state index contributed by atoms with van der Waals surface area (Å²) in [7, 11) is 3.29. The molecule has 2 aromatic rings. The van der Waals surface area contributed by atoms with Crippen molar-refractivity contribution < 1.29 is 14.3 Å². The molecule has 0 saturated carbocycles. The SMILES string of the molecule is CCC(C(=O)N1CCSC1c1cc(OC)cc(OC)c1)c1ccccc1. The Bertz CT molecular complexity index is 728. The average Bonchev–Trinajstić information content (AvgIpc) is 3.18. The molecular formula is C21H25NO3S. The molecule has 3 rings (SSSR count). The van der Waals surface area contributed by atoms with Gasteiger partial charge in [0.2, 0.25) is 5.91 Å². The Hall–Kier alpha value is -2.14. The van der Waals surface area contributed by atoms with Gasteiger partial charge in [0.1, 0.15) is 16.9 Å². The summed E-state index contributed by atoms with van der Waals surface area (Å²) in [6, 6.07) is 15.9. The quantitative estimate of drug-likeness (QED) is 0.751. The second-order valence-corrected chi connectivity index (χ2v) is 7.46. The Morgan fingerprint density at radius 3 is 2.38 bits per heavy atom. The van der Waals surface area contributed by atoms with E-state index in [1.54, 1.807) is 26.0 Å². The van der Waals surface area contributed by atoms with E-state index in [-0.39, 0.29) is 17.2 Å². The molecule has 1 heterocycles. The van der Waals surface area contributed by atoms with Gasteiger partial charge in [-0.25, -0.2) is 0 Å². The maximum absolute atomic E-state index is 13.3. The third-order valence-electron chi connectivity index (χ3n) is 4.74. The van der Waals surface area contributed by atoms with Crippen LogP contribution in [-0.2, 0) is 4.79 Å². The summed E-state index contributed by atoms with van der Waals surface area (Å²) in [4.78, 5) is 15.3. The Labute approximate surface area is 159 Å². The number of hydrogen-bond donors (Lipinski definition) is 0. The van der Waals surface area contributed by atoms with Gasteiger partial charge in [0, 0.05) is 18.4 Å². The van der Waals surface area contributed by atoms with Gasteiger partial charge in [-0.15, -0.1) is 11.8 Å². The molecule has 1 aliphatic heterocycles. The van der Waals surface area contributed by atoms with Crippen molar-refractivity contribution in [3.63, 3.8) is 0 Å². The van der Waals surface area contributed by atoms with Crippen LogP contribution < -0.4 is 9.47 Å². The highest BCUT2D eigenvalue weighted by molar-refractivity contribution is 7.99. The van der Waals surface area contributed by atoms with Crippen molar-refractivity contribution >= 4 is 17.7 Å².